The zero-order valence-corrected chi connectivity index (χ0v) is 13.8. The summed E-state index contributed by atoms with van der Waals surface area (Å²) in [5, 5.41) is 31.3. The molecule has 2 aromatic heterocycles. The lowest BCUT2D eigenvalue weighted by atomic mass is 9.91. The molecule has 11 heteroatoms. The minimum Gasteiger partial charge on any atom is -0.387 e. The summed E-state index contributed by atoms with van der Waals surface area (Å²) in [5.74, 6) is 0.176. The van der Waals surface area contributed by atoms with Crippen LogP contribution >= 0.6 is 0 Å². The van der Waals surface area contributed by atoms with Crippen LogP contribution in [0, 0.1) is 0 Å². The van der Waals surface area contributed by atoms with Crippen molar-refractivity contribution in [1.82, 2.24) is 24.4 Å². The number of nitrogen functional groups attached to an aromatic ring is 1. The number of nitrogens with zero attached hydrogens (tertiary/aromatic N) is 5. The van der Waals surface area contributed by atoms with E-state index in [0.29, 0.717) is 17.6 Å². The van der Waals surface area contributed by atoms with Gasteiger partial charge in [0.25, 0.3) is 0 Å². The standard InChI is InChI=1S/C15H20N6O5/c16-12-8-13(18-4-17-12)20(5-19-8)15-10(24)9(23)11(26-15)14(25)21(6-22)7-2-1-3-7/h4-7,9-11,14-15,23-25H,1-3H2,(H2,16,17,18)/t9-,10+,11-,14?,15+/m0/s1. The lowest BCUT2D eigenvalue weighted by molar-refractivity contribution is -0.165. The van der Waals surface area contributed by atoms with Crippen molar-refractivity contribution in [2.75, 3.05) is 5.73 Å². The van der Waals surface area contributed by atoms with E-state index in [1.54, 1.807) is 0 Å². The number of aromatic nitrogens is 4. The van der Waals surface area contributed by atoms with Gasteiger partial charge in [0.1, 0.15) is 30.2 Å². The molecule has 1 unspecified atom stereocenters. The van der Waals surface area contributed by atoms with Gasteiger partial charge in [-0.2, -0.15) is 0 Å². The SMILES string of the molecule is Nc1ncnc2c1ncn2[C@@H]1O[C@H](C(O)N(C=O)C2CCC2)[C@@H](O)[C@H]1O. The van der Waals surface area contributed by atoms with Crippen LogP contribution in [0.1, 0.15) is 25.5 Å². The molecule has 11 nitrogen and oxygen atoms in total. The Balaban J connectivity index is 1.61. The van der Waals surface area contributed by atoms with E-state index in [9.17, 15) is 20.1 Å². The Morgan fingerprint density at radius 1 is 1.31 bits per heavy atom. The van der Waals surface area contributed by atoms with Gasteiger partial charge in [0.15, 0.2) is 23.9 Å². The Kier molecular flexibility index (Phi) is 4.23. The second-order valence-electron chi connectivity index (χ2n) is 6.61. The molecule has 2 aromatic rings. The lowest BCUT2D eigenvalue weighted by Crippen LogP contribution is -2.53. The number of aliphatic hydroxyl groups excluding tert-OH is 3. The van der Waals surface area contributed by atoms with Crippen molar-refractivity contribution >= 4 is 23.4 Å². The maximum Gasteiger partial charge on any atom is 0.212 e. The molecule has 4 rings (SSSR count). The van der Waals surface area contributed by atoms with Crippen LogP contribution in [0.3, 0.4) is 0 Å². The van der Waals surface area contributed by atoms with E-state index in [-0.39, 0.29) is 11.9 Å². The Hall–Kier alpha value is -2.34. The predicted molar refractivity (Wildman–Crippen MR) is 87.2 cm³/mol. The van der Waals surface area contributed by atoms with Crippen LogP contribution in [-0.4, -0.2) is 76.7 Å². The molecule has 1 aliphatic carbocycles. The van der Waals surface area contributed by atoms with Gasteiger partial charge in [-0.1, -0.05) is 0 Å². The van der Waals surface area contributed by atoms with Crippen molar-refractivity contribution < 1.29 is 24.9 Å². The number of hydrogen-bond donors (Lipinski definition) is 4. The molecule has 0 bridgehead atoms. The summed E-state index contributed by atoms with van der Waals surface area (Å²) < 4.78 is 7.13. The molecule has 2 aliphatic rings. The van der Waals surface area contributed by atoms with Gasteiger partial charge in [-0.3, -0.25) is 9.36 Å². The fourth-order valence-electron chi connectivity index (χ4n) is 3.44. The maximum absolute atomic E-state index is 11.4. The molecule has 1 amide bonds. The molecule has 0 radical (unpaired) electrons. The van der Waals surface area contributed by atoms with Crippen LogP contribution in [0.5, 0.6) is 0 Å². The van der Waals surface area contributed by atoms with Crippen LogP contribution in [0.4, 0.5) is 5.82 Å². The molecule has 1 aliphatic heterocycles. The van der Waals surface area contributed by atoms with Gasteiger partial charge in [0.2, 0.25) is 6.41 Å². The van der Waals surface area contributed by atoms with Gasteiger partial charge in [-0.25, -0.2) is 15.0 Å². The molecule has 26 heavy (non-hydrogen) atoms. The fraction of sp³-hybridized carbons (Fsp3) is 0.600. The van der Waals surface area contributed by atoms with Crippen molar-refractivity contribution in [3.05, 3.63) is 12.7 Å². The number of amides is 1. The first-order chi connectivity index (χ1) is 12.5. The van der Waals surface area contributed by atoms with Gasteiger partial charge < -0.3 is 30.7 Å². The van der Waals surface area contributed by atoms with E-state index in [4.69, 9.17) is 10.5 Å². The molecular formula is C15H20N6O5. The number of anilines is 1. The predicted octanol–water partition coefficient (Wildman–Crippen LogP) is -1.64. The number of nitrogens with two attached hydrogens (primary N) is 1. The monoisotopic (exact) mass is 364 g/mol. The Morgan fingerprint density at radius 3 is 2.73 bits per heavy atom. The number of hydrogen-bond acceptors (Lipinski definition) is 9. The van der Waals surface area contributed by atoms with Gasteiger partial charge in [0, 0.05) is 6.04 Å². The summed E-state index contributed by atoms with van der Waals surface area (Å²) >= 11 is 0. The quantitative estimate of drug-likeness (QED) is 0.360. The highest BCUT2D eigenvalue weighted by Crippen LogP contribution is 2.35. The summed E-state index contributed by atoms with van der Waals surface area (Å²) in [6.45, 7) is 0. The van der Waals surface area contributed by atoms with E-state index >= 15 is 0 Å². The number of carbonyl (C=O) groups is 1. The first kappa shape index (κ1) is 17.1. The van der Waals surface area contributed by atoms with Crippen LogP contribution in [0.15, 0.2) is 12.7 Å². The Bertz CT molecular complexity index is 811. The maximum atomic E-state index is 11.4. The average Bonchev–Trinajstić information content (AvgIpc) is 3.13. The van der Waals surface area contributed by atoms with Crippen LogP contribution < -0.4 is 5.73 Å². The summed E-state index contributed by atoms with van der Waals surface area (Å²) in [4.78, 5) is 24.6. The molecule has 5 atom stereocenters. The third-order valence-corrected chi connectivity index (χ3v) is 5.15. The first-order valence-corrected chi connectivity index (χ1v) is 8.38. The number of carbonyl (C=O) groups excluding carboxylic acids is 1. The molecule has 0 spiro atoms. The van der Waals surface area contributed by atoms with Crippen LogP contribution in [-0.2, 0) is 9.53 Å². The highest BCUT2D eigenvalue weighted by Gasteiger charge is 2.49. The van der Waals surface area contributed by atoms with Crippen molar-refractivity contribution in [1.29, 1.82) is 0 Å². The topological polar surface area (TPSA) is 160 Å². The summed E-state index contributed by atoms with van der Waals surface area (Å²) in [6.07, 6.45) is -0.613. The summed E-state index contributed by atoms with van der Waals surface area (Å²) in [6, 6.07) is -0.0869. The third kappa shape index (κ3) is 2.51. The van der Waals surface area contributed by atoms with Crippen molar-refractivity contribution in [3.8, 4) is 0 Å². The molecule has 1 saturated heterocycles. The minimum atomic E-state index is -1.39. The normalized spacial score (nSPS) is 30.3. The zero-order chi connectivity index (χ0) is 18.4. The number of fused-ring (bicyclic) bond motifs is 1. The number of ether oxygens (including phenoxy) is 1. The second-order valence-corrected chi connectivity index (χ2v) is 6.61. The number of aliphatic hydroxyl groups is 3. The average molecular weight is 364 g/mol. The highest BCUT2D eigenvalue weighted by molar-refractivity contribution is 5.81. The molecular weight excluding hydrogens is 344 g/mol. The molecule has 3 heterocycles. The number of imidazole rings is 1. The molecule has 0 aromatic carbocycles. The van der Waals surface area contributed by atoms with Crippen molar-refractivity contribution in [2.24, 2.45) is 0 Å². The Labute approximate surface area is 148 Å². The zero-order valence-electron chi connectivity index (χ0n) is 13.8. The van der Waals surface area contributed by atoms with E-state index in [2.05, 4.69) is 15.0 Å². The summed E-state index contributed by atoms with van der Waals surface area (Å²) in [5.41, 5.74) is 6.42. The minimum absolute atomic E-state index is 0.0869. The van der Waals surface area contributed by atoms with Gasteiger partial charge in [-0.15, -0.1) is 0 Å². The molecule has 5 N–H and O–H groups in total. The van der Waals surface area contributed by atoms with Crippen molar-refractivity contribution in [3.63, 3.8) is 0 Å². The van der Waals surface area contributed by atoms with Gasteiger partial charge in [-0.05, 0) is 19.3 Å². The van der Waals surface area contributed by atoms with Gasteiger partial charge >= 0.3 is 0 Å². The molecule has 140 valence electrons. The van der Waals surface area contributed by atoms with Crippen molar-refractivity contribution in [2.45, 2.75) is 56.1 Å². The Morgan fingerprint density at radius 2 is 2.08 bits per heavy atom. The van der Waals surface area contributed by atoms with E-state index in [1.807, 2.05) is 0 Å². The fourth-order valence-corrected chi connectivity index (χ4v) is 3.44. The van der Waals surface area contributed by atoms with E-state index in [0.717, 1.165) is 19.3 Å². The van der Waals surface area contributed by atoms with E-state index in [1.165, 1.54) is 22.1 Å². The molecule has 1 saturated carbocycles. The van der Waals surface area contributed by atoms with Crippen LogP contribution in [0.25, 0.3) is 11.2 Å². The number of rotatable bonds is 5. The van der Waals surface area contributed by atoms with E-state index < -0.39 is 30.8 Å². The highest BCUT2D eigenvalue weighted by atomic mass is 16.6. The summed E-state index contributed by atoms with van der Waals surface area (Å²) in [7, 11) is 0. The third-order valence-electron chi connectivity index (χ3n) is 5.15. The molecule has 2 fully saturated rings. The second kappa shape index (κ2) is 6.43. The van der Waals surface area contributed by atoms with Crippen LogP contribution in [0.2, 0.25) is 0 Å². The lowest BCUT2D eigenvalue weighted by Gasteiger charge is -2.40. The smallest absolute Gasteiger partial charge is 0.212 e. The first-order valence-electron chi connectivity index (χ1n) is 8.38. The van der Waals surface area contributed by atoms with Gasteiger partial charge in [0.05, 0.1) is 6.33 Å². The largest absolute Gasteiger partial charge is 0.387 e.